The van der Waals surface area contributed by atoms with Gasteiger partial charge >= 0.3 is 5.97 Å². The molecular formula is C14H21NO3S. The molecule has 0 aliphatic heterocycles. The van der Waals surface area contributed by atoms with Crippen LogP contribution in [-0.4, -0.2) is 23.5 Å². The van der Waals surface area contributed by atoms with Crippen LogP contribution >= 0.6 is 11.3 Å². The molecule has 0 bridgehead atoms. The summed E-state index contributed by atoms with van der Waals surface area (Å²) >= 11 is 1.70. The summed E-state index contributed by atoms with van der Waals surface area (Å²) in [7, 11) is 0. The predicted octanol–water partition coefficient (Wildman–Crippen LogP) is 2.69. The van der Waals surface area contributed by atoms with Gasteiger partial charge in [-0.2, -0.15) is 0 Å². The molecule has 19 heavy (non-hydrogen) atoms. The summed E-state index contributed by atoms with van der Waals surface area (Å²) in [5, 5.41) is 13.7. The van der Waals surface area contributed by atoms with Crippen molar-refractivity contribution < 1.29 is 14.7 Å². The Kier molecular flexibility index (Phi) is 6.02. The second-order valence-corrected chi connectivity index (χ2v) is 6.25. The van der Waals surface area contributed by atoms with Gasteiger partial charge in [0.05, 0.1) is 5.41 Å². The number of aryl methyl sites for hydroxylation is 1. The molecule has 0 aromatic carbocycles. The molecule has 1 heterocycles. The Labute approximate surface area is 117 Å². The average Bonchev–Trinajstić information content (AvgIpc) is 2.81. The van der Waals surface area contributed by atoms with Gasteiger partial charge in [-0.25, -0.2) is 0 Å². The summed E-state index contributed by atoms with van der Waals surface area (Å²) in [6, 6.07) is 4.08. The Balaban J connectivity index is 2.13. The zero-order chi connectivity index (χ0) is 14.3. The van der Waals surface area contributed by atoms with Crippen LogP contribution in [0.1, 0.15) is 38.0 Å². The minimum atomic E-state index is -0.834. The van der Waals surface area contributed by atoms with Crippen molar-refractivity contribution in [3.05, 3.63) is 22.4 Å². The van der Waals surface area contributed by atoms with Crippen LogP contribution in [0.4, 0.5) is 0 Å². The Morgan fingerprint density at radius 3 is 2.74 bits per heavy atom. The van der Waals surface area contributed by atoms with Crippen LogP contribution in [-0.2, 0) is 16.0 Å². The monoisotopic (exact) mass is 283 g/mol. The van der Waals surface area contributed by atoms with Crippen LogP contribution < -0.4 is 5.32 Å². The molecule has 1 rings (SSSR count). The first kappa shape index (κ1) is 15.7. The third-order valence-electron chi connectivity index (χ3n) is 3.06. The molecule has 0 saturated carbocycles. The molecule has 0 aliphatic carbocycles. The molecule has 106 valence electrons. The Bertz CT molecular complexity index is 412. The Morgan fingerprint density at radius 1 is 1.42 bits per heavy atom. The average molecular weight is 283 g/mol. The predicted molar refractivity (Wildman–Crippen MR) is 76.3 cm³/mol. The third-order valence-corrected chi connectivity index (χ3v) is 3.99. The largest absolute Gasteiger partial charge is 0.481 e. The standard InChI is InChI=1S/C14H21NO3S/c1-14(2,13(17)18)8-9-15-12(16)7-3-5-11-6-4-10-19-11/h4,6,10H,3,5,7-9H2,1-2H3,(H,15,16)(H,17,18). The van der Waals surface area contributed by atoms with Gasteiger partial charge < -0.3 is 10.4 Å². The van der Waals surface area contributed by atoms with Crippen molar-refractivity contribution >= 4 is 23.2 Å². The van der Waals surface area contributed by atoms with Crippen molar-refractivity contribution in [2.24, 2.45) is 5.41 Å². The van der Waals surface area contributed by atoms with Gasteiger partial charge in [0.15, 0.2) is 0 Å². The van der Waals surface area contributed by atoms with Crippen molar-refractivity contribution in [3.8, 4) is 0 Å². The zero-order valence-corrected chi connectivity index (χ0v) is 12.3. The molecular weight excluding hydrogens is 262 g/mol. The molecule has 1 amide bonds. The van der Waals surface area contributed by atoms with E-state index in [1.165, 1.54) is 4.88 Å². The minimum Gasteiger partial charge on any atom is -0.481 e. The number of aliphatic carboxylic acids is 1. The fraction of sp³-hybridized carbons (Fsp3) is 0.571. The number of rotatable bonds is 8. The van der Waals surface area contributed by atoms with E-state index in [2.05, 4.69) is 11.4 Å². The maximum atomic E-state index is 11.6. The summed E-state index contributed by atoms with van der Waals surface area (Å²) in [6.45, 7) is 3.74. The SMILES string of the molecule is CC(C)(CCNC(=O)CCCc1cccs1)C(=O)O. The number of hydrogen-bond donors (Lipinski definition) is 2. The molecule has 1 aromatic rings. The fourth-order valence-corrected chi connectivity index (χ4v) is 2.34. The molecule has 4 nitrogen and oxygen atoms in total. The van der Waals surface area contributed by atoms with E-state index in [0.717, 1.165) is 12.8 Å². The Hall–Kier alpha value is -1.36. The first-order valence-electron chi connectivity index (χ1n) is 6.44. The quantitative estimate of drug-likeness (QED) is 0.771. The lowest BCUT2D eigenvalue weighted by atomic mass is 9.90. The van der Waals surface area contributed by atoms with Gasteiger partial charge in [-0.05, 0) is 44.6 Å². The van der Waals surface area contributed by atoms with Gasteiger partial charge in [0.25, 0.3) is 0 Å². The maximum absolute atomic E-state index is 11.6. The van der Waals surface area contributed by atoms with Crippen molar-refractivity contribution in [2.45, 2.75) is 39.5 Å². The lowest BCUT2D eigenvalue weighted by Crippen LogP contribution is -2.31. The molecule has 1 aromatic heterocycles. The van der Waals surface area contributed by atoms with Crippen molar-refractivity contribution in [1.82, 2.24) is 5.32 Å². The number of carbonyl (C=O) groups is 2. The van der Waals surface area contributed by atoms with Crippen LogP contribution in [0.15, 0.2) is 17.5 Å². The number of hydrogen-bond acceptors (Lipinski definition) is 3. The van der Waals surface area contributed by atoms with Crippen molar-refractivity contribution in [2.75, 3.05) is 6.54 Å². The number of carbonyl (C=O) groups excluding carboxylic acids is 1. The zero-order valence-electron chi connectivity index (χ0n) is 11.4. The van der Waals surface area contributed by atoms with Crippen molar-refractivity contribution in [1.29, 1.82) is 0 Å². The first-order valence-corrected chi connectivity index (χ1v) is 7.32. The van der Waals surface area contributed by atoms with Gasteiger partial charge in [-0.3, -0.25) is 9.59 Å². The van der Waals surface area contributed by atoms with E-state index in [0.29, 0.717) is 19.4 Å². The summed E-state index contributed by atoms with van der Waals surface area (Å²) < 4.78 is 0. The summed E-state index contributed by atoms with van der Waals surface area (Å²) in [6.07, 6.45) is 2.69. The number of carboxylic acid groups (broad SMARTS) is 1. The molecule has 0 saturated heterocycles. The highest BCUT2D eigenvalue weighted by Gasteiger charge is 2.26. The van der Waals surface area contributed by atoms with E-state index in [1.54, 1.807) is 25.2 Å². The molecule has 2 N–H and O–H groups in total. The molecule has 0 aliphatic rings. The second-order valence-electron chi connectivity index (χ2n) is 5.22. The summed E-state index contributed by atoms with van der Waals surface area (Å²) in [5.41, 5.74) is -0.787. The highest BCUT2D eigenvalue weighted by Crippen LogP contribution is 2.19. The van der Waals surface area contributed by atoms with Crippen molar-refractivity contribution in [3.63, 3.8) is 0 Å². The van der Waals surface area contributed by atoms with Crippen LogP contribution in [0.2, 0.25) is 0 Å². The lowest BCUT2D eigenvalue weighted by Gasteiger charge is -2.18. The van der Waals surface area contributed by atoms with Crippen LogP contribution in [0, 0.1) is 5.41 Å². The number of thiophene rings is 1. The normalized spacial score (nSPS) is 11.3. The summed E-state index contributed by atoms with van der Waals surface area (Å²) in [5.74, 6) is -0.836. The van der Waals surface area contributed by atoms with E-state index in [1.807, 2.05) is 11.4 Å². The van der Waals surface area contributed by atoms with E-state index < -0.39 is 11.4 Å². The lowest BCUT2D eigenvalue weighted by molar-refractivity contribution is -0.147. The third kappa shape index (κ3) is 5.87. The van der Waals surface area contributed by atoms with E-state index in [4.69, 9.17) is 5.11 Å². The molecule has 0 spiro atoms. The second kappa shape index (κ2) is 7.28. The van der Waals surface area contributed by atoms with Gasteiger partial charge in [0, 0.05) is 17.8 Å². The van der Waals surface area contributed by atoms with E-state index in [9.17, 15) is 9.59 Å². The number of carboxylic acids is 1. The van der Waals surface area contributed by atoms with Crippen LogP contribution in [0.3, 0.4) is 0 Å². The highest BCUT2D eigenvalue weighted by atomic mass is 32.1. The van der Waals surface area contributed by atoms with E-state index in [-0.39, 0.29) is 5.91 Å². The Morgan fingerprint density at radius 2 is 2.16 bits per heavy atom. The molecule has 5 heteroatoms. The first-order chi connectivity index (χ1) is 8.92. The van der Waals surface area contributed by atoms with Gasteiger partial charge in [0.2, 0.25) is 5.91 Å². The highest BCUT2D eigenvalue weighted by molar-refractivity contribution is 7.09. The van der Waals surface area contributed by atoms with Gasteiger partial charge in [0.1, 0.15) is 0 Å². The smallest absolute Gasteiger partial charge is 0.309 e. The maximum Gasteiger partial charge on any atom is 0.309 e. The number of nitrogens with one attached hydrogen (secondary N) is 1. The minimum absolute atomic E-state index is 0.00209. The van der Waals surface area contributed by atoms with E-state index >= 15 is 0 Å². The molecule has 0 unspecified atom stereocenters. The molecule has 0 atom stereocenters. The van der Waals surface area contributed by atoms with Crippen LogP contribution in [0.5, 0.6) is 0 Å². The fourth-order valence-electron chi connectivity index (χ4n) is 1.59. The van der Waals surface area contributed by atoms with Gasteiger partial charge in [-0.1, -0.05) is 6.07 Å². The summed E-state index contributed by atoms with van der Waals surface area (Å²) in [4.78, 5) is 23.8. The van der Waals surface area contributed by atoms with Gasteiger partial charge in [-0.15, -0.1) is 11.3 Å². The topological polar surface area (TPSA) is 66.4 Å². The molecule has 0 fully saturated rings. The number of amides is 1. The molecule has 0 radical (unpaired) electrons. The van der Waals surface area contributed by atoms with Crippen LogP contribution in [0.25, 0.3) is 0 Å².